The van der Waals surface area contributed by atoms with Gasteiger partial charge in [-0.25, -0.2) is 4.39 Å². The van der Waals surface area contributed by atoms with Crippen molar-refractivity contribution in [3.63, 3.8) is 0 Å². The molecule has 0 amide bonds. The summed E-state index contributed by atoms with van der Waals surface area (Å²) in [7, 11) is 0. The van der Waals surface area contributed by atoms with Gasteiger partial charge in [0.15, 0.2) is 0 Å². The van der Waals surface area contributed by atoms with Gasteiger partial charge in [0, 0.05) is 11.8 Å². The summed E-state index contributed by atoms with van der Waals surface area (Å²) in [5, 5.41) is -0.0239. The molecule has 1 radical (unpaired) electrons. The van der Waals surface area contributed by atoms with Crippen LogP contribution in [0.5, 0.6) is 0 Å². The molecule has 1 rings (SSSR count). The Balaban J connectivity index is 3.17. The molecule has 0 saturated carbocycles. The van der Waals surface area contributed by atoms with E-state index >= 15 is 0 Å². The second kappa shape index (κ2) is 2.23. The van der Waals surface area contributed by atoms with Crippen LogP contribution in [0.1, 0.15) is 0 Å². The lowest BCUT2D eigenvalue weighted by atomic mass is 10.3. The SMILES string of the molecule is Nc1c[c]c(Cl)c(F)c1. The lowest BCUT2D eigenvalue weighted by molar-refractivity contribution is 0.628. The largest absolute Gasteiger partial charge is 0.399 e. The number of hydrogen-bond acceptors (Lipinski definition) is 1. The van der Waals surface area contributed by atoms with Crippen LogP contribution in [0.15, 0.2) is 12.1 Å². The Bertz CT molecular complexity index is 224. The van der Waals surface area contributed by atoms with E-state index in [-0.39, 0.29) is 5.02 Å². The third-order valence-electron chi connectivity index (χ3n) is 0.869. The van der Waals surface area contributed by atoms with Gasteiger partial charge in [0.25, 0.3) is 0 Å². The Morgan fingerprint density at radius 2 is 2.33 bits per heavy atom. The van der Waals surface area contributed by atoms with E-state index in [0.29, 0.717) is 5.69 Å². The summed E-state index contributed by atoms with van der Waals surface area (Å²) in [4.78, 5) is 0. The summed E-state index contributed by atoms with van der Waals surface area (Å²) in [5.41, 5.74) is 5.53. The number of nitrogens with two attached hydrogens (primary N) is 1. The van der Waals surface area contributed by atoms with Gasteiger partial charge >= 0.3 is 0 Å². The van der Waals surface area contributed by atoms with Crippen molar-refractivity contribution in [1.82, 2.24) is 0 Å². The van der Waals surface area contributed by atoms with Crippen molar-refractivity contribution in [3.8, 4) is 0 Å². The van der Waals surface area contributed by atoms with E-state index in [9.17, 15) is 4.39 Å². The van der Waals surface area contributed by atoms with Gasteiger partial charge in [-0.3, -0.25) is 0 Å². The number of hydrogen-bond donors (Lipinski definition) is 1. The van der Waals surface area contributed by atoms with E-state index < -0.39 is 5.82 Å². The van der Waals surface area contributed by atoms with Gasteiger partial charge in [0.2, 0.25) is 0 Å². The van der Waals surface area contributed by atoms with Crippen molar-refractivity contribution in [1.29, 1.82) is 0 Å². The summed E-state index contributed by atoms with van der Waals surface area (Å²) in [6.07, 6.45) is 0. The van der Waals surface area contributed by atoms with Gasteiger partial charge in [-0.1, -0.05) is 11.6 Å². The minimum absolute atomic E-state index is 0.0239. The Morgan fingerprint density at radius 1 is 1.67 bits per heavy atom. The Hall–Kier alpha value is -0.760. The van der Waals surface area contributed by atoms with E-state index in [1.165, 1.54) is 6.07 Å². The van der Waals surface area contributed by atoms with Gasteiger partial charge < -0.3 is 5.73 Å². The first-order valence-corrected chi connectivity index (χ1v) is 2.70. The third kappa shape index (κ3) is 1.33. The summed E-state index contributed by atoms with van der Waals surface area (Å²) < 4.78 is 12.3. The van der Waals surface area contributed by atoms with E-state index in [4.69, 9.17) is 17.3 Å². The van der Waals surface area contributed by atoms with Crippen molar-refractivity contribution >= 4 is 17.3 Å². The number of halogens is 2. The molecule has 1 aromatic carbocycles. The third-order valence-corrected chi connectivity index (χ3v) is 1.16. The molecular weight excluding hydrogens is 141 g/mol. The number of nitrogen functional groups attached to an aromatic ring is 1. The normalized spacial score (nSPS) is 9.56. The smallest absolute Gasteiger partial charge is 0.144 e. The first-order chi connectivity index (χ1) is 4.20. The molecule has 0 saturated heterocycles. The highest BCUT2D eigenvalue weighted by Crippen LogP contribution is 2.15. The highest BCUT2D eigenvalue weighted by Gasteiger charge is 1.96. The minimum atomic E-state index is -0.531. The molecule has 2 N–H and O–H groups in total. The second-order valence-electron chi connectivity index (χ2n) is 1.59. The molecule has 0 atom stereocenters. The average Bonchev–Trinajstić information content (AvgIpc) is 1.80. The molecule has 47 valence electrons. The zero-order valence-electron chi connectivity index (χ0n) is 4.49. The topological polar surface area (TPSA) is 26.0 Å². The van der Waals surface area contributed by atoms with Crippen LogP contribution < -0.4 is 5.73 Å². The quantitative estimate of drug-likeness (QED) is 0.553. The van der Waals surface area contributed by atoms with Crippen LogP contribution in [0.3, 0.4) is 0 Å². The number of anilines is 1. The molecule has 9 heavy (non-hydrogen) atoms. The lowest BCUT2D eigenvalue weighted by Crippen LogP contribution is -1.85. The number of rotatable bonds is 0. The standard InChI is InChI=1S/C6H4ClFN/c7-5-2-1-4(9)3-6(5)8/h1,3H,9H2. The number of benzene rings is 1. The zero-order valence-corrected chi connectivity index (χ0v) is 5.24. The molecule has 3 heteroatoms. The summed E-state index contributed by atoms with van der Waals surface area (Å²) in [5.74, 6) is -0.531. The first-order valence-electron chi connectivity index (χ1n) is 2.32. The van der Waals surface area contributed by atoms with Crippen LogP contribution in [0.25, 0.3) is 0 Å². The summed E-state index contributed by atoms with van der Waals surface area (Å²) >= 11 is 5.29. The highest BCUT2D eigenvalue weighted by molar-refractivity contribution is 6.30. The Kier molecular flexibility index (Phi) is 1.58. The molecule has 0 fully saturated rings. The Morgan fingerprint density at radius 3 is 2.78 bits per heavy atom. The summed E-state index contributed by atoms with van der Waals surface area (Å²) in [6, 6.07) is 5.01. The van der Waals surface area contributed by atoms with Crippen molar-refractivity contribution in [2.24, 2.45) is 0 Å². The van der Waals surface area contributed by atoms with E-state index in [0.717, 1.165) is 6.07 Å². The molecule has 0 aliphatic rings. The molecule has 0 spiro atoms. The highest BCUT2D eigenvalue weighted by atomic mass is 35.5. The van der Waals surface area contributed by atoms with Crippen molar-refractivity contribution in [2.75, 3.05) is 5.73 Å². The summed E-state index contributed by atoms with van der Waals surface area (Å²) in [6.45, 7) is 0. The van der Waals surface area contributed by atoms with Crippen LogP contribution in [-0.4, -0.2) is 0 Å². The van der Waals surface area contributed by atoms with Gasteiger partial charge in [-0.05, 0) is 12.1 Å². The Labute approximate surface area is 57.2 Å². The minimum Gasteiger partial charge on any atom is -0.399 e. The maximum Gasteiger partial charge on any atom is 0.144 e. The van der Waals surface area contributed by atoms with Gasteiger partial charge in [-0.15, -0.1) is 0 Å². The fourth-order valence-electron chi connectivity index (χ4n) is 0.467. The average molecular weight is 145 g/mol. The fourth-order valence-corrected chi connectivity index (χ4v) is 0.576. The molecule has 0 aliphatic heterocycles. The molecular formula is C6H4ClFN. The van der Waals surface area contributed by atoms with Crippen molar-refractivity contribution < 1.29 is 4.39 Å². The first kappa shape index (κ1) is 6.36. The molecule has 0 heterocycles. The predicted molar refractivity (Wildman–Crippen MR) is 34.7 cm³/mol. The van der Waals surface area contributed by atoms with Crippen LogP contribution in [0.4, 0.5) is 10.1 Å². The molecule has 0 bridgehead atoms. The maximum absolute atomic E-state index is 12.3. The molecule has 0 aromatic heterocycles. The molecule has 0 unspecified atom stereocenters. The predicted octanol–water partition coefficient (Wildman–Crippen LogP) is 1.86. The lowest BCUT2D eigenvalue weighted by Gasteiger charge is -1.92. The van der Waals surface area contributed by atoms with Crippen LogP contribution in [-0.2, 0) is 0 Å². The van der Waals surface area contributed by atoms with E-state index in [2.05, 4.69) is 6.07 Å². The zero-order chi connectivity index (χ0) is 6.85. The van der Waals surface area contributed by atoms with Gasteiger partial charge in [-0.2, -0.15) is 0 Å². The van der Waals surface area contributed by atoms with Crippen LogP contribution >= 0.6 is 11.6 Å². The maximum atomic E-state index is 12.3. The molecule has 1 aromatic rings. The van der Waals surface area contributed by atoms with Crippen molar-refractivity contribution in [2.45, 2.75) is 0 Å². The molecule has 0 aliphatic carbocycles. The second-order valence-corrected chi connectivity index (χ2v) is 1.97. The monoisotopic (exact) mass is 144 g/mol. The molecule has 1 nitrogen and oxygen atoms in total. The van der Waals surface area contributed by atoms with Crippen LogP contribution in [0, 0.1) is 11.9 Å². The van der Waals surface area contributed by atoms with E-state index in [1.54, 1.807) is 0 Å². The van der Waals surface area contributed by atoms with E-state index in [1.807, 2.05) is 0 Å². The van der Waals surface area contributed by atoms with Gasteiger partial charge in [0.05, 0.1) is 5.02 Å². The van der Waals surface area contributed by atoms with Gasteiger partial charge in [0.1, 0.15) is 5.82 Å². The van der Waals surface area contributed by atoms with Crippen LogP contribution in [0.2, 0.25) is 5.02 Å². The van der Waals surface area contributed by atoms with Crippen molar-refractivity contribution in [3.05, 3.63) is 29.0 Å². The fraction of sp³-hybridized carbons (Fsp3) is 0.